The van der Waals surface area contributed by atoms with Crippen LogP contribution in [-0.2, 0) is 0 Å². The highest BCUT2D eigenvalue weighted by Gasteiger charge is 2.11. The van der Waals surface area contributed by atoms with Crippen molar-refractivity contribution in [3.05, 3.63) is 66.6 Å². The topological polar surface area (TPSA) is 86.5 Å². The van der Waals surface area contributed by atoms with Crippen molar-refractivity contribution in [1.29, 1.82) is 0 Å². The molecule has 8 heteroatoms. The molecule has 0 fully saturated rings. The fraction of sp³-hybridized carbons (Fsp3) is 0.100. The molecule has 0 unspecified atom stereocenters. The molecule has 0 bridgehead atoms. The van der Waals surface area contributed by atoms with Crippen molar-refractivity contribution in [3.63, 3.8) is 0 Å². The fourth-order valence-corrected chi connectivity index (χ4v) is 2.75. The summed E-state index contributed by atoms with van der Waals surface area (Å²) < 4.78 is 12.2. The first-order chi connectivity index (χ1) is 13.8. The lowest BCUT2D eigenvalue weighted by atomic mass is 10.2. The summed E-state index contributed by atoms with van der Waals surface area (Å²) in [4.78, 5) is 8.64. The summed E-state index contributed by atoms with van der Waals surface area (Å²) >= 11 is 0. The van der Waals surface area contributed by atoms with Crippen LogP contribution in [0, 0.1) is 0 Å². The number of methoxy groups -OCH3 is 2. The third kappa shape index (κ3) is 3.48. The molecular formula is C20H18N6O2. The van der Waals surface area contributed by atoms with Gasteiger partial charge in [-0.15, -0.1) is 0 Å². The monoisotopic (exact) mass is 374 g/mol. The first-order valence-electron chi connectivity index (χ1n) is 8.55. The summed E-state index contributed by atoms with van der Waals surface area (Å²) in [6.45, 7) is 0. The maximum Gasteiger partial charge on any atom is 0.168 e. The van der Waals surface area contributed by atoms with Gasteiger partial charge in [0.2, 0.25) is 0 Å². The molecule has 4 rings (SSSR count). The van der Waals surface area contributed by atoms with E-state index in [1.54, 1.807) is 31.3 Å². The maximum atomic E-state index is 5.29. The molecule has 0 saturated carbocycles. The minimum absolute atomic E-state index is 0.568. The smallest absolute Gasteiger partial charge is 0.168 e. The number of aromatic nitrogens is 4. The van der Waals surface area contributed by atoms with Crippen LogP contribution in [0.15, 0.2) is 66.2 Å². The summed E-state index contributed by atoms with van der Waals surface area (Å²) in [5.41, 5.74) is 5.38. The molecule has 4 aromatic rings. The van der Waals surface area contributed by atoms with Crippen LogP contribution < -0.4 is 14.9 Å². The van der Waals surface area contributed by atoms with Crippen molar-refractivity contribution in [1.82, 2.24) is 19.7 Å². The Kier molecular flexibility index (Phi) is 4.83. The Morgan fingerprint density at radius 1 is 1.00 bits per heavy atom. The van der Waals surface area contributed by atoms with E-state index in [2.05, 4.69) is 25.6 Å². The molecule has 2 aromatic heterocycles. The van der Waals surface area contributed by atoms with Crippen LogP contribution in [0.25, 0.3) is 16.7 Å². The second-order valence-corrected chi connectivity index (χ2v) is 5.86. The molecular weight excluding hydrogens is 356 g/mol. The first-order valence-corrected chi connectivity index (χ1v) is 8.55. The van der Waals surface area contributed by atoms with Gasteiger partial charge in [-0.05, 0) is 29.8 Å². The number of ether oxygens (including phenoxy) is 2. The molecule has 8 nitrogen and oxygen atoms in total. The number of hydrogen-bond donors (Lipinski definition) is 1. The molecule has 1 N–H and O–H groups in total. The lowest BCUT2D eigenvalue weighted by molar-refractivity contribution is 0.414. The number of hydrazone groups is 1. The van der Waals surface area contributed by atoms with Crippen LogP contribution in [0.2, 0.25) is 0 Å². The Balaban J connectivity index is 1.62. The van der Waals surface area contributed by atoms with E-state index in [1.165, 1.54) is 6.33 Å². The SMILES string of the molecule is COc1cccc(/C=N/Nc2ncnc3c2cnn3-c2cccc(OC)c2)c1. The van der Waals surface area contributed by atoms with Gasteiger partial charge in [-0.25, -0.2) is 14.6 Å². The molecule has 0 atom stereocenters. The fourth-order valence-electron chi connectivity index (χ4n) is 2.75. The highest BCUT2D eigenvalue weighted by molar-refractivity contribution is 5.88. The van der Waals surface area contributed by atoms with Crippen LogP contribution >= 0.6 is 0 Å². The number of hydrogen-bond acceptors (Lipinski definition) is 7. The predicted molar refractivity (Wildman–Crippen MR) is 107 cm³/mol. The van der Waals surface area contributed by atoms with Crippen molar-refractivity contribution in [2.24, 2.45) is 5.10 Å². The molecule has 2 aromatic carbocycles. The molecule has 0 amide bonds. The third-order valence-corrected chi connectivity index (χ3v) is 4.14. The average molecular weight is 374 g/mol. The predicted octanol–water partition coefficient (Wildman–Crippen LogP) is 3.28. The van der Waals surface area contributed by atoms with E-state index in [9.17, 15) is 0 Å². The Hall–Kier alpha value is -3.94. The van der Waals surface area contributed by atoms with E-state index in [-0.39, 0.29) is 0 Å². The quantitative estimate of drug-likeness (QED) is 0.412. The van der Waals surface area contributed by atoms with E-state index < -0.39 is 0 Å². The Morgan fingerprint density at radius 3 is 2.61 bits per heavy atom. The Morgan fingerprint density at radius 2 is 1.79 bits per heavy atom. The summed E-state index contributed by atoms with van der Waals surface area (Å²) in [6.07, 6.45) is 4.88. The zero-order valence-corrected chi connectivity index (χ0v) is 15.4. The van der Waals surface area contributed by atoms with E-state index in [4.69, 9.17) is 9.47 Å². The van der Waals surface area contributed by atoms with Gasteiger partial charge in [0.25, 0.3) is 0 Å². The zero-order valence-electron chi connectivity index (χ0n) is 15.4. The second-order valence-electron chi connectivity index (χ2n) is 5.86. The summed E-state index contributed by atoms with van der Waals surface area (Å²) in [6, 6.07) is 15.2. The molecule has 2 heterocycles. The van der Waals surface area contributed by atoms with Gasteiger partial charge >= 0.3 is 0 Å². The maximum absolute atomic E-state index is 5.29. The van der Waals surface area contributed by atoms with Gasteiger partial charge in [0.05, 0.1) is 37.7 Å². The number of nitrogens with one attached hydrogen (secondary N) is 1. The van der Waals surface area contributed by atoms with Gasteiger partial charge in [0.1, 0.15) is 17.8 Å². The van der Waals surface area contributed by atoms with Crippen LogP contribution in [0.3, 0.4) is 0 Å². The molecule has 0 radical (unpaired) electrons. The molecule has 0 spiro atoms. The summed E-state index contributed by atoms with van der Waals surface area (Å²) in [7, 11) is 3.26. The number of rotatable bonds is 6. The van der Waals surface area contributed by atoms with Crippen LogP contribution in [0.5, 0.6) is 11.5 Å². The van der Waals surface area contributed by atoms with E-state index in [1.807, 2.05) is 48.5 Å². The van der Waals surface area contributed by atoms with Crippen LogP contribution in [-0.4, -0.2) is 40.2 Å². The van der Waals surface area contributed by atoms with E-state index in [0.717, 1.165) is 28.1 Å². The zero-order chi connectivity index (χ0) is 19.3. The Bertz CT molecular complexity index is 1140. The molecule has 140 valence electrons. The number of fused-ring (bicyclic) bond motifs is 1. The molecule has 0 aliphatic carbocycles. The molecule has 0 saturated heterocycles. The average Bonchev–Trinajstić information content (AvgIpc) is 3.19. The molecule has 28 heavy (non-hydrogen) atoms. The van der Waals surface area contributed by atoms with E-state index >= 15 is 0 Å². The highest BCUT2D eigenvalue weighted by atomic mass is 16.5. The van der Waals surface area contributed by atoms with Crippen molar-refractivity contribution in [2.45, 2.75) is 0 Å². The number of nitrogens with zero attached hydrogens (tertiary/aromatic N) is 5. The van der Waals surface area contributed by atoms with E-state index in [0.29, 0.717) is 11.5 Å². The summed E-state index contributed by atoms with van der Waals surface area (Å²) in [5, 5.41) is 9.47. The lowest BCUT2D eigenvalue weighted by Crippen LogP contribution is -2.00. The largest absolute Gasteiger partial charge is 0.497 e. The van der Waals surface area contributed by atoms with Crippen molar-refractivity contribution < 1.29 is 9.47 Å². The van der Waals surface area contributed by atoms with Crippen LogP contribution in [0.1, 0.15) is 5.56 Å². The van der Waals surface area contributed by atoms with Crippen LogP contribution in [0.4, 0.5) is 5.82 Å². The third-order valence-electron chi connectivity index (χ3n) is 4.14. The summed E-state index contributed by atoms with van der Waals surface area (Å²) in [5.74, 6) is 2.09. The van der Waals surface area contributed by atoms with Gasteiger partial charge in [0, 0.05) is 6.07 Å². The van der Waals surface area contributed by atoms with Gasteiger partial charge in [-0.3, -0.25) is 5.43 Å². The minimum atomic E-state index is 0.568. The normalized spacial score (nSPS) is 11.1. The van der Waals surface area contributed by atoms with Crippen molar-refractivity contribution >= 4 is 23.1 Å². The second kappa shape index (κ2) is 7.75. The van der Waals surface area contributed by atoms with Crippen molar-refractivity contribution in [2.75, 3.05) is 19.6 Å². The van der Waals surface area contributed by atoms with Gasteiger partial charge in [-0.1, -0.05) is 18.2 Å². The van der Waals surface area contributed by atoms with Gasteiger partial charge in [-0.2, -0.15) is 10.2 Å². The first kappa shape index (κ1) is 17.5. The van der Waals surface area contributed by atoms with Crippen molar-refractivity contribution in [3.8, 4) is 17.2 Å². The standard InChI is InChI=1S/C20H18N6O2/c1-27-16-7-3-5-14(9-16)11-23-25-19-18-12-24-26(20(18)22-13-21-19)15-6-4-8-17(10-15)28-2/h3-13H,1-2H3,(H,21,22,25)/b23-11+. The Labute approximate surface area is 161 Å². The number of benzene rings is 2. The van der Waals surface area contributed by atoms with Gasteiger partial charge < -0.3 is 9.47 Å². The molecule has 0 aliphatic rings. The molecule has 0 aliphatic heterocycles. The lowest BCUT2D eigenvalue weighted by Gasteiger charge is -2.06. The highest BCUT2D eigenvalue weighted by Crippen LogP contribution is 2.23. The van der Waals surface area contributed by atoms with Gasteiger partial charge in [0.15, 0.2) is 11.5 Å². The number of anilines is 1. The minimum Gasteiger partial charge on any atom is -0.497 e.